The van der Waals surface area contributed by atoms with Crippen LogP contribution in [0.1, 0.15) is 6.92 Å². The molecule has 0 aromatic rings. The Kier molecular flexibility index (Phi) is 1.84. The zero-order valence-corrected chi connectivity index (χ0v) is 3.76. The molecule has 1 N–H and O–H groups in total. The van der Waals surface area contributed by atoms with E-state index in [2.05, 4.69) is 0 Å². The molecule has 7 heavy (non-hydrogen) atoms. The minimum absolute atomic E-state index is 0.324. The Hall–Kier alpha value is -1.06. The molecule has 38 valence electrons. The van der Waals surface area contributed by atoms with Crippen molar-refractivity contribution in [1.29, 1.82) is 5.41 Å². The lowest BCUT2D eigenvalue weighted by atomic mass is 10.4. The molecule has 0 bridgehead atoms. The molecule has 0 spiro atoms. The predicted molar refractivity (Wildman–Crippen MR) is 24.2 cm³/mol. The fraction of sp³-hybridized carbons (Fsp3) is 0.333. The van der Waals surface area contributed by atoms with Crippen molar-refractivity contribution in [3.63, 3.8) is 0 Å². The van der Waals surface area contributed by atoms with E-state index in [-0.39, 0.29) is 5.71 Å². The molecule has 0 rings (SSSR count). The Labute approximate surface area is 40.0 Å². The largest absolute Gasteiger partial charge is 0.329 e. The molecule has 0 radical (unpaired) electrons. The Morgan fingerprint density at radius 2 is 2.14 bits per heavy atom. The van der Waals surface area contributed by atoms with E-state index < -0.39 is 5.91 Å². The lowest BCUT2D eigenvalue weighted by Crippen LogP contribution is -2.02. The zero-order valence-electron chi connectivity index (χ0n) is 3.76. The zero-order chi connectivity index (χ0) is 5.86. The molecule has 0 fully saturated rings. The Bertz CT molecular complexity index is 118. The summed E-state index contributed by atoms with van der Waals surface area (Å²) in [4.78, 5) is 19.0. The number of rotatable bonds is 1. The van der Waals surface area contributed by atoms with Crippen LogP contribution in [0.15, 0.2) is 5.18 Å². The van der Waals surface area contributed by atoms with E-state index in [1.165, 1.54) is 6.92 Å². The lowest BCUT2D eigenvalue weighted by molar-refractivity contribution is -0.112. The topological polar surface area (TPSA) is 70.3 Å². The fourth-order valence-electron chi connectivity index (χ4n) is 0.0685. The van der Waals surface area contributed by atoms with Gasteiger partial charge in [-0.25, -0.2) is 0 Å². The van der Waals surface area contributed by atoms with E-state index in [0.717, 1.165) is 0 Å². The number of nitrogens with one attached hydrogen (secondary N) is 1. The van der Waals surface area contributed by atoms with Gasteiger partial charge in [0.1, 0.15) is 0 Å². The third-order valence-electron chi connectivity index (χ3n) is 0.404. The van der Waals surface area contributed by atoms with Crippen molar-refractivity contribution in [3.8, 4) is 0 Å². The summed E-state index contributed by atoms with van der Waals surface area (Å²) in [5, 5.41) is 8.43. The normalized spacial score (nSPS) is 7.57. The highest BCUT2D eigenvalue weighted by atomic mass is 16.3. The smallest absolute Gasteiger partial charge is 0.300 e. The molecule has 0 saturated carbocycles. The van der Waals surface area contributed by atoms with Crippen molar-refractivity contribution < 1.29 is 4.79 Å². The van der Waals surface area contributed by atoms with E-state index in [9.17, 15) is 9.70 Å². The van der Waals surface area contributed by atoms with E-state index in [0.29, 0.717) is 0 Å². The molecule has 0 saturated heterocycles. The molecule has 1 amide bonds. The summed E-state index contributed by atoms with van der Waals surface area (Å²) in [6, 6.07) is 0. The number of nitrogens with zero attached hydrogens (tertiary/aromatic N) is 1. The van der Waals surface area contributed by atoms with Crippen LogP contribution in [0, 0.1) is 10.3 Å². The van der Waals surface area contributed by atoms with Gasteiger partial charge in [-0.2, -0.15) is 0 Å². The lowest BCUT2D eigenvalue weighted by Gasteiger charge is -1.76. The SMILES string of the molecule is CC(=N)C(=O)N=O. The van der Waals surface area contributed by atoms with Gasteiger partial charge in [-0.15, -0.1) is 4.91 Å². The van der Waals surface area contributed by atoms with E-state index in [1.54, 1.807) is 0 Å². The maximum Gasteiger partial charge on any atom is 0.329 e. The highest BCUT2D eigenvalue weighted by Crippen LogP contribution is 1.73. The first-order valence-corrected chi connectivity index (χ1v) is 1.61. The van der Waals surface area contributed by atoms with E-state index in [1.807, 2.05) is 5.18 Å². The summed E-state index contributed by atoms with van der Waals surface area (Å²) in [6.45, 7) is 1.21. The van der Waals surface area contributed by atoms with Crippen molar-refractivity contribution in [2.75, 3.05) is 0 Å². The van der Waals surface area contributed by atoms with Crippen molar-refractivity contribution >= 4 is 11.6 Å². The second-order valence-electron chi connectivity index (χ2n) is 1.02. The molecule has 0 heterocycles. The quantitative estimate of drug-likeness (QED) is 0.380. The molecule has 0 atom stereocenters. The Morgan fingerprint density at radius 1 is 1.71 bits per heavy atom. The number of amides is 1. The van der Waals surface area contributed by atoms with E-state index in [4.69, 9.17) is 5.41 Å². The third kappa shape index (κ3) is 1.75. The van der Waals surface area contributed by atoms with Crippen LogP contribution < -0.4 is 0 Å². The first-order chi connectivity index (χ1) is 3.18. The first kappa shape index (κ1) is 5.94. The number of carbonyl (C=O) groups is 1. The monoisotopic (exact) mass is 100 g/mol. The van der Waals surface area contributed by atoms with Gasteiger partial charge in [0.15, 0.2) is 0 Å². The number of nitroso groups, excluding NO2 is 1. The Morgan fingerprint density at radius 3 is 2.14 bits per heavy atom. The van der Waals surface area contributed by atoms with Gasteiger partial charge in [-0.05, 0) is 6.92 Å². The number of carbonyl (C=O) groups excluding carboxylic acids is 1. The van der Waals surface area contributed by atoms with Crippen molar-refractivity contribution in [3.05, 3.63) is 4.91 Å². The first-order valence-electron chi connectivity index (χ1n) is 1.61. The van der Waals surface area contributed by atoms with Crippen LogP contribution >= 0.6 is 0 Å². The van der Waals surface area contributed by atoms with Crippen LogP contribution in [0.4, 0.5) is 0 Å². The second-order valence-corrected chi connectivity index (χ2v) is 1.02. The summed E-state index contributed by atoms with van der Waals surface area (Å²) in [5.74, 6) is -1.000. The summed E-state index contributed by atoms with van der Waals surface area (Å²) in [6.07, 6.45) is 0. The second kappa shape index (κ2) is 2.17. The standard InChI is InChI=1S/C3H4N2O2/c1-2(4)3(6)5-7/h4H,1H3. The van der Waals surface area contributed by atoms with Gasteiger partial charge in [-0.3, -0.25) is 10.2 Å². The number of hydrogen-bond donors (Lipinski definition) is 1. The van der Waals surface area contributed by atoms with Crippen molar-refractivity contribution in [1.82, 2.24) is 0 Å². The maximum atomic E-state index is 9.81. The van der Waals surface area contributed by atoms with Gasteiger partial charge in [0, 0.05) is 5.18 Å². The maximum absolute atomic E-state index is 9.81. The minimum Gasteiger partial charge on any atom is -0.300 e. The van der Waals surface area contributed by atoms with Gasteiger partial charge in [0.05, 0.1) is 5.71 Å². The van der Waals surface area contributed by atoms with Gasteiger partial charge < -0.3 is 0 Å². The molecule has 4 heteroatoms. The molecule has 0 aromatic carbocycles. The van der Waals surface area contributed by atoms with Crippen LogP contribution in [0.5, 0.6) is 0 Å². The molecular weight excluding hydrogens is 96.0 g/mol. The summed E-state index contributed by atoms with van der Waals surface area (Å²) in [7, 11) is 0. The highest BCUT2D eigenvalue weighted by Gasteiger charge is 1.99. The van der Waals surface area contributed by atoms with Crippen LogP contribution in [0.25, 0.3) is 0 Å². The van der Waals surface area contributed by atoms with Gasteiger partial charge in [-0.1, -0.05) is 0 Å². The van der Waals surface area contributed by atoms with Crippen molar-refractivity contribution in [2.45, 2.75) is 6.92 Å². The van der Waals surface area contributed by atoms with Crippen LogP contribution in [-0.4, -0.2) is 11.6 Å². The van der Waals surface area contributed by atoms with Crippen LogP contribution in [0.3, 0.4) is 0 Å². The third-order valence-corrected chi connectivity index (χ3v) is 0.404. The molecule has 0 aliphatic heterocycles. The summed E-state index contributed by atoms with van der Waals surface area (Å²) >= 11 is 0. The predicted octanol–water partition coefficient (Wildman–Crippen LogP) is 0.319. The highest BCUT2D eigenvalue weighted by molar-refractivity contribution is 6.36. The fourth-order valence-corrected chi connectivity index (χ4v) is 0.0685. The number of hydrogen-bond acceptors (Lipinski definition) is 3. The molecule has 0 aliphatic carbocycles. The van der Waals surface area contributed by atoms with Crippen LogP contribution in [-0.2, 0) is 4.79 Å². The van der Waals surface area contributed by atoms with Gasteiger partial charge in [0.2, 0.25) is 0 Å². The summed E-state index contributed by atoms with van der Waals surface area (Å²) in [5.41, 5.74) is -0.324. The summed E-state index contributed by atoms with van der Waals surface area (Å²) < 4.78 is 0. The molecule has 0 unspecified atom stereocenters. The Balaban J connectivity index is 3.81. The minimum atomic E-state index is -1.000. The average Bonchev–Trinajstić information content (AvgIpc) is 1.65. The van der Waals surface area contributed by atoms with Gasteiger partial charge >= 0.3 is 5.91 Å². The molecule has 0 aliphatic rings. The molecule has 4 nitrogen and oxygen atoms in total. The average molecular weight is 100 g/mol. The van der Waals surface area contributed by atoms with Gasteiger partial charge in [0.25, 0.3) is 0 Å². The van der Waals surface area contributed by atoms with E-state index >= 15 is 0 Å². The molecular formula is C3H4N2O2. The molecule has 0 aromatic heterocycles. The van der Waals surface area contributed by atoms with Crippen molar-refractivity contribution in [2.24, 2.45) is 5.18 Å². The van der Waals surface area contributed by atoms with Crippen LogP contribution in [0.2, 0.25) is 0 Å².